The average molecular weight is 460 g/mol. The second-order valence-electron chi connectivity index (χ2n) is 9.99. The lowest BCUT2D eigenvalue weighted by atomic mass is 9.81. The van der Waals surface area contributed by atoms with Gasteiger partial charge in [-0.25, -0.2) is 4.99 Å². The van der Waals surface area contributed by atoms with E-state index in [4.69, 9.17) is 19.7 Å². The van der Waals surface area contributed by atoms with Crippen LogP contribution >= 0.6 is 11.8 Å². The molecule has 3 fully saturated rings. The first-order valence-electron chi connectivity index (χ1n) is 13.2. The fourth-order valence-electron chi connectivity index (χ4n) is 5.76. The molecule has 2 aliphatic carbocycles. The Bertz CT molecular complexity index is 670. The fourth-order valence-corrected chi connectivity index (χ4v) is 6.71. The van der Waals surface area contributed by atoms with Gasteiger partial charge in [0, 0.05) is 19.4 Å². The zero-order chi connectivity index (χ0) is 22.6. The minimum Gasteiger partial charge on any atom is -0.381 e. The number of amidine groups is 1. The highest BCUT2D eigenvalue weighted by Crippen LogP contribution is 2.38. The highest BCUT2D eigenvalue weighted by Gasteiger charge is 2.27. The van der Waals surface area contributed by atoms with E-state index in [1.807, 2.05) is 19.2 Å². The van der Waals surface area contributed by atoms with Crippen LogP contribution in [0.2, 0.25) is 0 Å². The molecule has 0 radical (unpaired) electrons. The molecule has 2 saturated carbocycles. The second kappa shape index (κ2) is 14.3. The zero-order valence-corrected chi connectivity index (χ0v) is 21.5. The molecule has 0 N–H and O–H groups in total. The fraction of sp³-hybridized carbons (Fsp3) is 0.815. The highest BCUT2D eigenvalue weighted by atomic mass is 32.2. The molecule has 0 amide bonds. The van der Waals surface area contributed by atoms with Crippen molar-refractivity contribution in [1.82, 2.24) is 0 Å². The molecule has 3 atom stereocenters. The monoisotopic (exact) mass is 459 g/mol. The van der Waals surface area contributed by atoms with E-state index in [0.29, 0.717) is 6.04 Å². The number of allylic oxidation sites excluding steroid dienone is 1. The number of hydrogen-bond acceptors (Lipinski definition) is 4. The summed E-state index contributed by atoms with van der Waals surface area (Å²) in [7, 11) is 0. The summed E-state index contributed by atoms with van der Waals surface area (Å²) in [5, 5.41) is 2.28. The molecule has 3 rings (SSSR count). The Labute approximate surface area is 200 Å². The van der Waals surface area contributed by atoms with Crippen molar-refractivity contribution < 1.29 is 4.74 Å². The molecule has 0 bridgehead atoms. The van der Waals surface area contributed by atoms with E-state index in [-0.39, 0.29) is 0 Å². The van der Waals surface area contributed by atoms with Crippen molar-refractivity contribution in [2.75, 3.05) is 13.2 Å². The Morgan fingerprint density at radius 1 is 0.875 bits per heavy atom. The highest BCUT2D eigenvalue weighted by molar-refractivity contribution is 8.26. The number of ether oxygens (including phenoxy) is 1. The van der Waals surface area contributed by atoms with Gasteiger partial charge in [-0.3, -0.25) is 9.98 Å². The van der Waals surface area contributed by atoms with Gasteiger partial charge in [0.15, 0.2) is 0 Å². The van der Waals surface area contributed by atoms with Gasteiger partial charge in [0.2, 0.25) is 0 Å². The van der Waals surface area contributed by atoms with Crippen LogP contribution in [-0.2, 0) is 4.74 Å². The van der Waals surface area contributed by atoms with Crippen LogP contribution in [0.1, 0.15) is 104 Å². The van der Waals surface area contributed by atoms with Crippen LogP contribution in [0.4, 0.5) is 0 Å². The maximum absolute atomic E-state index is 5.71. The molecule has 0 aromatic heterocycles. The quantitative estimate of drug-likeness (QED) is 0.239. The molecular formula is C27H45N3OS. The Morgan fingerprint density at radius 3 is 2.47 bits per heavy atom. The van der Waals surface area contributed by atoms with Gasteiger partial charge in [-0.1, -0.05) is 49.9 Å². The maximum Gasteiger partial charge on any atom is 0.121 e. The third kappa shape index (κ3) is 9.13. The summed E-state index contributed by atoms with van der Waals surface area (Å²) in [6.45, 7) is 8.15. The van der Waals surface area contributed by atoms with Gasteiger partial charge in [0.1, 0.15) is 5.84 Å². The molecule has 32 heavy (non-hydrogen) atoms. The predicted octanol–water partition coefficient (Wildman–Crippen LogP) is 7.83. The predicted molar refractivity (Wildman–Crippen MR) is 141 cm³/mol. The summed E-state index contributed by atoms with van der Waals surface area (Å²) in [6, 6.07) is 0.492. The molecule has 1 aliphatic heterocycles. The third-order valence-electron chi connectivity index (χ3n) is 7.41. The number of rotatable bonds is 5. The van der Waals surface area contributed by atoms with E-state index < -0.39 is 0 Å². The largest absolute Gasteiger partial charge is 0.381 e. The van der Waals surface area contributed by atoms with Gasteiger partial charge in [0.05, 0.1) is 16.1 Å². The number of nitrogens with zero attached hydrogens (tertiary/aromatic N) is 3. The normalized spacial score (nSPS) is 30.0. The minimum atomic E-state index is 0.492. The second-order valence-corrected chi connectivity index (χ2v) is 11.3. The van der Waals surface area contributed by atoms with Crippen LogP contribution in [0.25, 0.3) is 0 Å². The van der Waals surface area contributed by atoms with E-state index in [0.717, 1.165) is 48.3 Å². The van der Waals surface area contributed by atoms with E-state index in [1.165, 1.54) is 82.1 Å². The molecule has 0 aromatic rings. The molecule has 5 heteroatoms. The topological polar surface area (TPSA) is 46.3 Å². The van der Waals surface area contributed by atoms with Crippen molar-refractivity contribution in [2.45, 2.75) is 110 Å². The molecule has 4 nitrogen and oxygen atoms in total. The number of hydrogen-bond donors (Lipinski definition) is 0. The Morgan fingerprint density at radius 2 is 1.66 bits per heavy atom. The van der Waals surface area contributed by atoms with Crippen LogP contribution in [0, 0.1) is 17.8 Å². The smallest absolute Gasteiger partial charge is 0.121 e. The lowest BCUT2D eigenvalue weighted by Crippen LogP contribution is -2.15. The molecule has 1 heterocycles. The average Bonchev–Trinajstić information content (AvgIpc) is 3.00. The van der Waals surface area contributed by atoms with Crippen LogP contribution in [0.15, 0.2) is 27.3 Å². The summed E-state index contributed by atoms with van der Waals surface area (Å²) in [5.41, 5.74) is 0. The Kier molecular flexibility index (Phi) is 11.5. The Hall–Kier alpha value is -0.940. The molecule has 3 aliphatic rings. The van der Waals surface area contributed by atoms with Gasteiger partial charge in [-0.05, 0) is 89.9 Å². The summed E-state index contributed by atoms with van der Waals surface area (Å²) in [4.78, 5) is 14.4. The minimum absolute atomic E-state index is 0.492. The number of aliphatic imine (C=N–C) groups is 3. The van der Waals surface area contributed by atoms with E-state index in [2.05, 4.69) is 13.8 Å². The van der Waals surface area contributed by atoms with Crippen LogP contribution < -0.4 is 0 Å². The van der Waals surface area contributed by atoms with Gasteiger partial charge < -0.3 is 4.74 Å². The van der Waals surface area contributed by atoms with E-state index in [9.17, 15) is 0 Å². The standard InChI is InChI=1S/C27H45N3OS/c1-4-17-28-27(32-22(3)29-21(2)30-26-12-5-6-13-26)20-23-9-7-10-24(15-14-23)25-11-8-18-31-19-16-25/h4,17,23-26H,5-16,18-20H2,1-3H3. The number of thioether (sulfide) groups is 1. The van der Waals surface area contributed by atoms with E-state index >= 15 is 0 Å². The summed E-state index contributed by atoms with van der Waals surface area (Å²) >= 11 is 1.75. The molecule has 0 spiro atoms. The maximum atomic E-state index is 5.71. The van der Waals surface area contributed by atoms with Gasteiger partial charge in [-0.15, -0.1) is 0 Å². The van der Waals surface area contributed by atoms with Crippen LogP contribution in [0.3, 0.4) is 0 Å². The van der Waals surface area contributed by atoms with Crippen LogP contribution in [0.5, 0.6) is 0 Å². The first kappa shape index (κ1) is 25.7. The van der Waals surface area contributed by atoms with Gasteiger partial charge in [0.25, 0.3) is 0 Å². The van der Waals surface area contributed by atoms with Gasteiger partial charge in [-0.2, -0.15) is 0 Å². The summed E-state index contributed by atoms with van der Waals surface area (Å²) < 4.78 is 5.71. The van der Waals surface area contributed by atoms with Crippen LogP contribution in [-0.4, -0.2) is 35.2 Å². The first-order valence-corrected chi connectivity index (χ1v) is 14.0. The SMILES string of the molecule is CC=CN=C(CC1CCCC(C2CCCOCC2)CC1)SC(C)=NC(C)=NC1CCCC1. The van der Waals surface area contributed by atoms with Crippen molar-refractivity contribution in [3.63, 3.8) is 0 Å². The lowest BCUT2D eigenvalue weighted by Gasteiger charge is -2.24. The molecule has 180 valence electrons. The van der Waals surface area contributed by atoms with Crippen molar-refractivity contribution in [3.8, 4) is 0 Å². The van der Waals surface area contributed by atoms with Crippen molar-refractivity contribution in [2.24, 2.45) is 32.7 Å². The van der Waals surface area contributed by atoms with Gasteiger partial charge >= 0.3 is 0 Å². The van der Waals surface area contributed by atoms with Crippen molar-refractivity contribution in [1.29, 1.82) is 0 Å². The molecule has 3 unspecified atom stereocenters. The molecular weight excluding hydrogens is 414 g/mol. The lowest BCUT2D eigenvalue weighted by molar-refractivity contribution is 0.137. The first-order chi connectivity index (χ1) is 15.6. The third-order valence-corrected chi connectivity index (χ3v) is 8.30. The summed E-state index contributed by atoms with van der Waals surface area (Å²) in [6.07, 6.45) is 20.9. The van der Waals surface area contributed by atoms with Crippen molar-refractivity contribution >= 4 is 27.7 Å². The molecule has 0 aromatic carbocycles. The van der Waals surface area contributed by atoms with E-state index in [1.54, 1.807) is 11.8 Å². The van der Waals surface area contributed by atoms with Crippen molar-refractivity contribution in [3.05, 3.63) is 12.3 Å². The Balaban J connectivity index is 1.54. The summed E-state index contributed by atoms with van der Waals surface area (Å²) in [5.74, 6) is 3.47. The molecule has 1 saturated heterocycles. The zero-order valence-electron chi connectivity index (χ0n) is 20.7.